The van der Waals surface area contributed by atoms with Crippen LogP contribution in [0, 0.1) is 24.0 Å². The third-order valence-corrected chi connectivity index (χ3v) is 7.13. The number of methoxy groups -OCH3 is 2. The number of rotatable bonds is 17. The molecule has 0 radical (unpaired) electrons. The van der Waals surface area contributed by atoms with E-state index in [1.165, 1.54) is 20.3 Å². The highest BCUT2D eigenvalue weighted by Crippen LogP contribution is 2.32. The number of aryl methyl sites for hydroxylation is 2. The number of nitrogens with zero attached hydrogens (tertiary/aromatic N) is 2. The second-order valence-corrected chi connectivity index (χ2v) is 10.5. The fraction of sp³-hybridized carbons (Fsp3) is 0.387. The van der Waals surface area contributed by atoms with Crippen molar-refractivity contribution in [2.24, 2.45) is 0 Å². The third-order valence-electron chi connectivity index (χ3n) is 7.13. The number of carboxylic acids is 1. The Bertz CT molecular complexity index is 1710. The van der Waals surface area contributed by atoms with E-state index in [1.807, 2.05) is 0 Å². The minimum absolute atomic E-state index is 0.249. The maximum absolute atomic E-state index is 13.0. The molecule has 47 heavy (non-hydrogen) atoms. The highest BCUT2D eigenvalue weighted by atomic mass is 17.0. The molecule has 3 rings (SSSR count). The van der Waals surface area contributed by atoms with E-state index in [-0.39, 0.29) is 18.4 Å². The zero-order valence-electron chi connectivity index (χ0n) is 26.5. The Kier molecular flexibility index (Phi) is 11.8. The van der Waals surface area contributed by atoms with Gasteiger partial charge in [0.2, 0.25) is 5.91 Å². The lowest BCUT2D eigenvalue weighted by atomic mass is 9.91. The van der Waals surface area contributed by atoms with Gasteiger partial charge < -0.3 is 39.2 Å². The molecule has 0 aliphatic carbocycles. The van der Waals surface area contributed by atoms with Crippen molar-refractivity contribution in [2.45, 2.75) is 51.7 Å². The van der Waals surface area contributed by atoms with Gasteiger partial charge in [0.15, 0.2) is 12.1 Å². The summed E-state index contributed by atoms with van der Waals surface area (Å²) >= 11 is 0. The number of aliphatic carboxylic acids is 1. The number of ether oxygens (including phenoxy) is 4. The molecular weight excluding hydrogens is 620 g/mol. The van der Waals surface area contributed by atoms with Crippen LogP contribution in [0.3, 0.4) is 0 Å². The summed E-state index contributed by atoms with van der Waals surface area (Å²) in [6, 6.07) is 6.80. The van der Waals surface area contributed by atoms with Crippen LogP contribution in [0.25, 0.3) is 22.3 Å². The number of hydrogen-bond acceptors (Lipinski definition) is 12. The van der Waals surface area contributed by atoms with Gasteiger partial charge in [-0.05, 0) is 49.9 Å². The normalized spacial score (nSPS) is 12.7. The van der Waals surface area contributed by atoms with E-state index in [2.05, 4.69) is 26.7 Å². The Morgan fingerprint density at radius 1 is 1.17 bits per heavy atom. The summed E-state index contributed by atoms with van der Waals surface area (Å²) in [5.41, 5.74) is -0.163. The van der Waals surface area contributed by atoms with Crippen molar-refractivity contribution in [1.82, 2.24) is 15.3 Å². The summed E-state index contributed by atoms with van der Waals surface area (Å²) in [7, 11) is 2.95. The summed E-state index contributed by atoms with van der Waals surface area (Å²) in [5.74, 6) is -2.03. The maximum atomic E-state index is 13.0. The molecule has 2 unspecified atom stereocenters. The van der Waals surface area contributed by atoms with E-state index < -0.39 is 53.2 Å². The van der Waals surface area contributed by atoms with Gasteiger partial charge in [-0.15, -0.1) is 16.7 Å². The van der Waals surface area contributed by atoms with Gasteiger partial charge in [-0.1, -0.05) is 13.0 Å². The van der Waals surface area contributed by atoms with Crippen LogP contribution >= 0.6 is 0 Å². The predicted molar refractivity (Wildman–Crippen MR) is 167 cm³/mol. The largest absolute Gasteiger partial charge is 0.497 e. The number of carboxylic acid groups (broad SMARTS) is 1. The quantitative estimate of drug-likeness (QED) is 0.0824. The molecule has 1 amide bonds. The maximum Gasteiger partial charge on any atom is 0.330 e. The zero-order valence-corrected chi connectivity index (χ0v) is 26.5. The molecule has 2 atom stereocenters. The van der Waals surface area contributed by atoms with Crippen molar-refractivity contribution in [2.75, 3.05) is 27.4 Å². The lowest BCUT2D eigenvalue weighted by Crippen LogP contribution is -2.56. The number of hydrogen-bond donors (Lipinski definition) is 3. The molecule has 1 aromatic heterocycles. The number of carbonyl (C=O) groups is 3. The van der Waals surface area contributed by atoms with Gasteiger partial charge in [0, 0.05) is 17.7 Å². The number of aromatic amines is 1. The molecule has 252 valence electrons. The molecule has 0 aliphatic heterocycles. The van der Waals surface area contributed by atoms with Crippen LogP contribution in [0.4, 0.5) is 0 Å². The van der Waals surface area contributed by atoms with Crippen LogP contribution in [0.2, 0.25) is 0 Å². The van der Waals surface area contributed by atoms with Gasteiger partial charge in [-0.25, -0.2) is 9.78 Å². The summed E-state index contributed by atoms with van der Waals surface area (Å²) in [4.78, 5) is 71.8. The number of amides is 1. The molecule has 1 heterocycles. The Balaban J connectivity index is 1.78. The molecule has 0 fully saturated rings. The predicted octanol–water partition coefficient (Wildman–Crippen LogP) is 3.04. The van der Waals surface area contributed by atoms with E-state index in [1.54, 1.807) is 45.0 Å². The summed E-state index contributed by atoms with van der Waals surface area (Å²) in [6.45, 7) is 7.57. The van der Waals surface area contributed by atoms with E-state index in [4.69, 9.17) is 18.9 Å². The first-order chi connectivity index (χ1) is 22.3. The number of carbonyl (C=O) groups excluding carboxylic acids is 2. The van der Waals surface area contributed by atoms with Gasteiger partial charge in [0.1, 0.15) is 41.2 Å². The zero-order chi connectivity index (χ0) is 34.9. The molecule has 0 bridgehead atoms. The molecule has 0 aliphatic rings. The lowest BCUT2D eigenvalue weighted by molar-refractivity contribution is -0.754. The van der Waals surface area contributed by atoms with Crippen molar-refractivity contribution in [3.05, 3.63) is 68.5 Å². The molecule has 16 nitrogen and oxygen atoms in total. The lowest BCUT2D eigenvalue weighted by Gasteiger charge is -2.29. The molecule has 0 spiro atoms. The van der Waals surface area contributed by atoms with Crippen LogP contribution in [0.15, 0.2) is 41.7 Å². The van der Waals surface area contributed by atoms with Crippen LogP contribution in [0.1, 0.15) is 37.3 Å². The van der Waals surface area contributed by atoms with E-state index in [0.29, 0.717) is 51.7 Å². The van der Waals surface area contributed by atoms with Gasteiger partial charge in [-0.3, -0.25) is 14.4 Å². The van der Waals surface area contributed by atoms with Gasteiger partial charge in [0.05, 0.1) is 26.2 Å². The smallest absolute Gasteiger partial charge is 0.330 e. The number of H-pyrrole nitrogens is 1. The highest BCUT2D eigenvalue weighted by molar-refractivity contribution is 5.91. The standard InChI is InChI=1S/C31H36N4O12/c1-7-9-31(30(39)40,34-24(36)16-46-35(41)42)14-25(37)45-15-20(8-2)47-27-17(3)10-19(11-18(27)4)28-32-22-12-21(43-5)13-23(44-6)26(22)29(38)33-28/h7,10-13,20H,1,8-9,14-16H2,2-6H3,(H,34,36)(H,39,40)(H,32,33,38). The van der Waals surface area contributed by atoms with Crippen molar-refractivity contribution >= 4 is 28.7 Å². The number of esters is 1. The molecule has 2 aromatic carbocycles. The van der Waals surface area contributed by atoms with Crippen molar-refractivity contribution in [3.63, 3.8) is 0 Å². The van der Waals surface area contributed by atoms with E-state index in [0.717, 1.165) is 0 Å². The second-order valence-electron chi connectivity index (χ2n) is 10.5. The van der Waals surface area contributed by atoms with Crippen LogP contribution in [0.5, 0.6) is 17.2 Å². The Labute approximate surface area is 268 Å². The molecule has 0 saturated carbocycles. The molecule has 3 aromatic rings. The van der Waals surface area contributed by atoms with Crippen LogP contribution in [-0.2, 0) is 24.0 Å². The number of benzene rings is 2. The highest BCUT2D eigenvalue weighted by Gasteiger charge is 2.42. The first-order valence-electron chi connectivity index (χ1n) is 14.3. The average Bonchev–Trinajstić information content (AvgIpc) is 3.02. The number of nitrogens with one attached hydrogen (secondary N) is 2. The minimum atomic E-state index is -2.17. The third kappa shape index (κ3) is 8.74. The van der Waals surface area contributed by atoms with Gasteiger partial charge >= 0.3 is 11.9 Å². The Morgan fingerprint density at radius 3 is 2.40 bits per heavy atom. The first-order valence-corrected chi connectivity index (χ1v) is 14.3. The van der Waals surface area contributed by atoms with Gasteiger partial charge in [0.25, 0.3) is 10.6 Å². The van der Waals surface area contributed by atoms with Crippen LogP contribution in [-0.4, -0.2) is 77.1 Å². The summed E-state index contributed by atoms with van der Waals surface area (Å²) < 4.78 is 22.2. The second kappa shape index (κ2) is 15.6. The number of aromatic nitrogens is 2. The first kappa shape index (κ1) is 35.8. The fourth-order valence-corrected chi connectivity index (χ4v) is 4.83. The fourth-order valence-electron chi connectivity index (χ4n) is 4.83. The van der Waals surface area contributed by atoms with Crippen molar-refractivity contribution in [3.8, 4) is 28.6 Å². The molecule has 0 saturated heterocycles. The molecular formula is C31H36N4O12. The van der Waals surface area contributed by atoms with E-state index >= 15 is 0 Å². The number of fused-ring (bicyclic) bond motifs is 1. The van der Waals surface area contributed by atoms with Crippen molar-refractivity contribution in [1.29, 1.82) is 0 Å². The van der Waals surface area contributed by atoms with Crippen LogP contribution < -0.4 is 25.1 Å². The topological polar surface area (TPSA) is 219 Å². The van der Waals surface area contributed by atoms with E-state index in [9.17, 15) is 34.4 Å². The minimum Gasteiger partial charge on any atom is -0.497 e. The molecule has 16 heteroatoms. The SMILES string of the molecule is C=CCC(CC(=O)OCC(CC)Oc1c(C)cc(-c2nc3cc(OC)cc(OC)c3c(=O)[nH]2)cc1C)(NC(=O)CO[N+](=O)[O-])C(=O)O. The molecule has 3 N–H and O–H groups in total. The Hall–Kier alpha value is -5.67. The summed E-state index contributed by atoms with van der Waals surface area (Å²) in [5, 5.41) is 21.4. The average molecular weight is 657 g/mol. The Morgan fingerprint density at radius 2 is 1.85 bits per heavy atom. The monoisotopic (exact) mass is 656 g/mol. The van der Waals surface area contributed by atoms with Gasteiger partial charge in [-0.2, -0.15) is 0 Å². The summed E-state index contributed by atoms with van der Waals surface area (Å²) in [6.07, 6.45) is -0.222. The van der Waals surface area contributed by atoms with Crippen molar-refractivity contribution < 1.29 is 48.4 Å².